The van der Waals surface area contributed by atoms with E-state index in [1.165, 1.54) is 31.7 Å². The van der Waals surface area contributed by atoms with Crippen LogP contribution in [0.15, 0.2) is 30.7 Å². The van der Waals surface area contributed by atoms with Crippen LogP contribution in [0.3, 0.4) is 0 Å². The largest absolute Gasteiger partial charge is 0.382 e. The Morgan fingerprint density at radius 1 is 1.09 bits per heavy atom. The van der Waals surface area contributed by atoms with Gasteiger partial charge in [0.05, 0.1) is 11.9 Å². The van der Waals surface area contributed by atoms with E-state index in [4.69, 9.17) is 5.73 Å². The number of anilines is 3. The van der Waals surface area contributed by atoms with Crippen molar-refractivity contribution in [1.82, 2.24) is 15.0 Å². The van der Waals surface area contributed by atoms with Crippen molar-refractivity contribution in [3.05, 3.63) is 36.4 Å². The van der Waals surface area contributed by atoms with Gasteiger partial charge >= 0.3 is 0 Å². The van der Waals surface area contributed by atoms with Gasteiger partial charge in [0.15, 0.2) is 11.5 Å². The first-order chi connectivity index (χ1) is 10.7. The minimum absolute atomic E-state index is 0.109. The smallest absolute Gasteiger partial charge is 0.278 e. The minimum Gasteiger partial charge on any atom is -0.382 e. The van der Waals surface area contributed by atoms with Gasteiger partial charge in [0, 0.05) is 25.5 Å². The van der Waals surface area contributed by atoms with Crippen LogP contribution in [0.1, 0.15) is 29.8 Å². The van der Waals surface area contributed by atoms with Crippen molar-refractivity contribution in [3.8, 4) is 0 Å². The normalized spacial score (nSPS) is 14.6. The number of amides is 1. The maximum Gasteiger partial charge on any atom is 0.278 e. The molecule has 1 saturated heterocycles. The van der Waals surface area contributed by atoms with E-state index in [0.29, 0.717) is 5.69 Å². The van der Waals surface area contributed by atoms with Gasteiger partial charge in [-0.2, -0.15) is 0 Å². The number of hydrogen-bond donors (Lipinski definition) is 2. The molecule has 3 N–H and O–H groups in total. The Morgan fingerprint density at radius 2 is 1.86 bits per heavy atom. The molecule has 1 amide bonds. The second-order valence-electron chi connectivity index (χ2n) is 5.20. The van der Waals surface area contributed by atoms with Crippen LogP contribution < -0.4 is 16.0 Å². The molecule has 1 aliphatic heterocycles. The molecular formula is C15H18N6O. The van der Waals surface area contributed by atoms with Crippen molar-refractivity contribution in [1.29, 1.82) is 0 Å². The maximum absolute atomic E-state index is 12.1. The molecule has 1 fully saturated rings. The fourth-order valence-electron chi connectivity index (χ4n) is 2.48. The molecule has 0 aromatic carbocycles. The molecule has 22 heavy (non-hydrogen) atoms. The summed E-state index contributed by atoms with van der Waals surface area (Å²) in [6.45, 7) is 2.07. The molecule has 7 heteroatoms. The summed E-state index contributed by atoms with van der Waals surface area (Å²) in [6, 6.07) is 3.75. The Balaban J connectivity index is 1.68. The SMILES string of the molecule is Nc1nccnc1C(=O)Nc1ccc(N2CCCCC2)nc1. The van der Waals surface area contributed by atoms with Gasteiger partial charge in [-0.25, -0.2) is 15.0 Å². The predicted molar refractivity (Wildman–Crippen MR) is 84.7 cm³/mol. The van der Waals surface area contributed by atoms with Crippen molar-refractivity contribution >= 4 is 23.2 Å². The lowest BCUT2D eigenvalue weighted by atomic mass is 10.1. The molecule has 3 heterocycles. The molecule has 0 aliphatic carbocycles. The number of nitrogen functional groups attached to an aromatic ring is 1. The van der Waals surface area contributed by atoms with E-state index >= 15 is 0 Å². The lowest BCUT2D eigenvalue weighted by Gasteiger charge is -2.27. The summed E-state index contributed by atoms with van der Waals surface area (Å²) in [7, 11) is 0. The van der Waals surface area contributed by atoms with Gasteiger partial charge in [-0.05, 0) is 31.4 Å². The van der Waals surface area contributed by atoms with Crippen molar-refractivity contribution in [2.24, 2.45) is 0 Å². The minimum atomic E-state index is -0.391. The number of rotatable bonds is 3. The van der Waals surface area contributed by atoms with Crippen LogP contribution in [-0.4, -0.2) is 33.9 Å². The van der Waals surface area contributed by atoms with Gasteiger partial charge in [0.2, 0.25) is 0 Å². The first-order valence-corrected chi connectivity index (χ1v) is 7.33. The summed E-state index contributed by atoms with van der Waals surface area (Å²) >= 11 is 0. The molecule has 2 aromatic rings. The standard InChI is InChI=1S/C15H18N6O/c16-14-13(17-6-7-18-14)15(22)20-11-4-5-12(19-10-11)21-8-2-1-3-9-21/h4-7,10H,1-3,8-9H2,(H2,16,18)(H,20,22). The van der Waals surface area contributed by atoms with E-state index < -0.39 is 5.91 Å². The molecular weight excluding hydrogens is 280 g/mol. The Hall–Kier alpha value is -2.70. The number of nitrogens with zero attached hydrogens (tertiary/aromatic N) is 4. The molecule has 2 aromatic heterocycles. The van der Waals surface area contributed by atoms with Gasteiger partial charge < -0.3 is 16.0 Å². The second kappa shape index (κ2) is 6.38. The molecule has 0 bridgehead atoms. The number of nitrogens with one attached hydrogen (secondary N) is 1. The van der Waals surface area contributed by atoms with Crippen LogP contribution in [0.4, 0.5) is 17.3 Å². The third-order valence-electron chi connectivity index (χ3n) is 3.63. The van der Waals surface area contributed by atoms with Crippen molar-refractivity contribution in [2.75, 3.05) is 29.0 Å². The van der Waals surface area contributed by atoms with E-state index in [9.17, 15) is 4.79 Å². The molecule has 114 valence electrons. The van der Waals surface area contributed by atoms with Crippen molar-refractivity contribution in [3.63, 3.8) is 0 Å². The number of nitrogens with two attached hydrogens (primary N) is 1. The predicted octanol–water partition coefficient (Wildman–Crippen LogP) is 1.70. The zero-order chi connectivity index (χ0) is 15.4. The van der Waals surface area contributed by atoms with Gasteiger partial charge in [0.1, 0.15) is 5.82 Å². The number of aromatic nitrogens is 3. The summed E-state index contributed by atoms with van der Waals surface area (Å²) in [4.78, 5) is 26.6. The van der Waals surface area contributed by atoms with E-state index in [1.54, 1.807) is 6.20 Å². The quantitative estimate of drug-likeness (QED) is 0.895. The van der Waals surface area contributed by atoms with Crippen molar-refractivity contribution in [2.45, 2.75) is 19.3 Å². The first-order valence-electron chi connectivity index (χ1n) is 7.33. The zero-order valence-corrected chi connectivity index (χ0v) is 12.2. The zero-order valence-electron chi connectivity index (χ0n) is 12.2. The number of hydrogen-bond acceptors (Lipinski definition) is 6. The maximum atomic E-state index is 12.1. The molecule has 0 saturated carbocycles. The summed E-state index contributed by atoms with van der Waals surface area (Å²) < 4.78 is 0. The average Bonchev–Trinajstić information content (AvgIpc) is 2.57. The average molecular weight is 298 g/mol. The molecule has 0 unspecified atom stereocenters. The Bertz CT molecular complexity index is 651. The second-order valence-corrected chi connectivity index (χ2v) is 5.20. The molecule has 0 spiro atoms. The highest BCUT2D eigenvalue weighted by Crippen LogP contribution is 2.19. The van der Waals surface area contributed by atoms with Crippen molar-refractivity contribution < 1.29 is 4.79 Å². The van der Waals surface area contributed by atoms with Gasteiger partial charge in [0.25, 0.3) is 5.91 Å². The summed E-state index contributed by atoms with van der Waals surface area (Å²) in [5.74, 6) is 0.660. The van der Waals surface area contributed by atoms with E-state index in [-0.39, 0.29) is 11.5 Å². The van der Waals surface area contributed by atoms with Crippen LogP contribution in [0.5, 0.6) is 0 Å². The van der Waals surface area contributed by atoms with E-state index in [1.807, 2.05) is 12.1 Å². The topological polar surface area (TPSA) is 97.0 Å². The fraction of sp³-hybridized carbons (Fsp3) is 0.333. The third kappa shape index (κ3) is 3.13. The summed E-state index contributed by atoms with van der Waals surface area (Å²) in [5, 5.41) is 2.73. The van der Waals surface area contributed by atoms with Crippen LogP contribution in [0.2, 0.25) is 0 Å². The van der Waals surface area contributed by atoms with Crippen LogP contribution in [0.25, 0.3) is 0 Å². The summed E-state index contributed by atoms with van der Waals surface area (Å²) in [5.41, 5.74) is 6.36. The Morgan fingerprint density at radius 3 is 2.55 bits per heavy atom. The van der Waals surface area contributed by atoms with Gasteiger partial charge in [-0.3, -0.25) is 4.79 Å². The highest BCUT2D eigenvalue weighted by atomic mass is 16.1. The monoisotopic (exact) mass is 298 g/mol. The van der Waals surface area contributed by atoms with E-state index in [2.05, 4.69) is 25.2 Å². The number of carbonyl (C=O) groups excluding carboxylic acids is 1. The molecule has 0 atom stereocenters. The fourth-order valence-corrected chi connectivity index (χ4v) is 2.48. The first kappa shape index (κ1) is 14.2. The molecule has 3 rings (SSSR count). The van der Waals surface area contributed by atoms with Crippen LogP contribution >= 0.6 is 0 Å². The molecule has 1 aliphatic rings. The van der Waals surface area contributed by atoms with Gasteiger partial charge in [-0.15, -0.1) is 0 Å². The Labute approximate surface area is 128 Å². The Kier molecular flexibility index (Phi) is 4.13. The number of piperidine rings is 1. The van der Waals surface area contributed by atoms with Gasteiger partial charge in [-0.1, -0.05) is 0 Å². The van der Waals surface area contributed by atoms with Crippen LogP contribution in [0, 0.1) is 0 Å². The molecule has 0 radical (unpaired) electrons. The lowest BCUT2D eigenvalue weighted by molar-refractivity contribution is 0.102. The highest BCUT2D eigenvalue weighted by Gasteiger charge is 2.14. The highest BCUT2D eigenvalue weighted by molar-refractivity contribution is 6.05. The van der Waals surface area contributed by atoms with E-state index in [0.717, 1.165) is 18.9 Å². The summed E-state index contributed by atoms with van der Waals surface area (Å²) in [6.07, 6.45) is 8.21. The number of carbonyl (C=O) groups is 1. The lowest BCUT2D eigenvalue weighted by Crippen LogP contribution is -2.30. The third-order valence-corrected chi connectivity index (χ3v) is 3.63. The number of pyridine rings is 1. The van der Waals surface area contributed by atoms with Crippen LogP contribution in [-0.2, 0) is 0 Å². The molecule has 7 nitrogen and oxygen atoms in total.